The molecule has 0 aromatic carbocycles. The molecule has 2 nitrogen and oxygen atoms in total. The molecule has 1 aromatic heterocycles. The van der Waals surface area contributed by atoms with Crippen LogP contribution in [-0.2, 0) is 6.54 Å². The molecule has 1 aliphatic rings. The lowest BCUT2D eigenvalue weighted by atomic mass is 9.92. The molecule has 1 heterocycles. The van der Waals surface area contributed by atoms with Crippen molar-refractivity contribution < 1.29 is 5.11 Å². The molecule has 1 aromatic rings. The molecule has 0 aliphatic heterocycles. The molecule has 1 N–H and O–H groups in total. The maximum absolute atomic E-state index is 8.66. The third-order valence-corrected chi connectivity index (χ3v) is 4.15. The Morgan fingerprint density at radius 3 is 3.00 bits per heavy atom. The van der Waals surface area contributed by atoms with Crippen LogP contribution in [0.2, 0.25) is 0 Å². The van der Waals surface area contributed by atoms with Gasteiger partial charge in [-0.05, 0) is 26.0 Å². The first-order chi connectivity index (χ1) is 8.29. The van der Waals surface area contributed by atoms with E-state index >= 15 is 0 Å². The SMILES string of the molecule is CN(Cc1cc(C#CCCO)cs1)C1CCC1. The number of nitrogens with zero attached hydrogens (tertiary/aromatic N) is 1. The number of hydrogen-bond acceptors (Lipinski definition) is 3. The maximum atomic E-state index is 8.66. The summed E-state index contributed by atoms with van der Waals surface area (Å²) in [5.41, 5.74) is 1.08. The van der Waals surface area contributed by atoms with Crippen molar-refractivity contribution in [3.05, 3.63) is 21.9 Å². The Labute approximate surface area is 107 Å². The minimum atomic E-state index is 0.147. The summed E-state index contributed by atoms with van der Waals surface area (Å²) in [4.78, 5) is 3.83. The van der Waals surface area contributed by atoms with Gasteiger partial charge in [-0.1, -0.05) is 18.3 Å². The molecule has 17 heavy (non-hydrogen) atoms. The number of rotatable bonds is 4. The van der Waals surface area contributed by atoms with Crippen molar-refractivity contribution in [1.82, 2.24) is 4.90 Å². The van der Waals surface area contributed by atoms with Crippen LogP contribution in [-0.4, -0.2) is 29.7 Å². The van der Waals surface area contributed by atoms with Crippen LogP contribution >= 0.6 is 11.3 Å². The van der Waals surface area contributed by atoms with Crippen molar-refractivity contribution in [3.63, 3.8) is 0 Å². The second-order valence-corrected chi connectivity index (χ2v) is 5.57. The molecule has 0 atom stereocenters. The van der Waals surface area contributed by atoms with Crippen molar-refractivity contribution in [2.75, 3.05) is 13.7 Å². The lowest BCUT2D eigenvalue weighted by Crippen LogP contribution is -2.36. The van der Waals surface area contributed by atoms with Gasteiger partial charge in [0.25, 0.3) is 0 Å². The molecule has 0 bridgehead atoms. The number of aliphatic hydroxyl groups is 1. The lowest BCUT2D eigenvalue weighted by molar-refractivity contribution is 0.154. The molecule has 2 rings (SSSR count). The van der Waals surface area contributed by atoms with Gasteiger partial charge in [0.2, 0.25) is 0 Å². The minimum Gasteiger partial charge on any atom is -0.395 e. The summed E-state index contributed by atoms with van der Waals surface area (Å²) in [6.45, 7) is 1.19. The highest BCUT2D eigenvalue weighted by molar-refractivity contribution is 7.10. The molecule has 3 heteroatoms. The summed E-state index contributed by atoms with van der Waals surface area (Å²) >= 11 is 1.78. The van der Waals surface area contributed by atoms with E-state index in [1.54, 1.807) is 11.3 Å². The van der Waals surface area contributed by atoms with E-state index in [0.29, 0.717) is 6.42 Å². The van der Waals surface area contributed by atoms with Gasteiger partial charge in [-0.2, -0.15) is 0 Å². The van der Waals surface area contributed by atoms with Crippen LogP contribution in [0.25, 0.3) is 0 Å². The largest absolute Gasteiger partial charge is 0.395 e. The van der Waals surface area contributed by atoms with Gasteiger partial charge in [-0.15, -0.1) is 11.3 Å². The molecule has 0 saturated heterocycles. The van der Waals surface area contributed by atoms with Gasteiger partial charge >= 0.3 is 0 Å². The number of aliphatic hydroxyl groups excluding tert-OH is 1. The fourth-order valence-electron chi connectivity index (χ4n) is 1.95. The van der Waals surface area contributed by atoms with Crippen LogP contribution in [0.5, 0.6) is 0 Å². The first-order valence-electron chi connectivity index (χ1n) is 6.17. The van der Waals surface area contributed by atoms with E-state index in [2.05, 4.69) is 35.2 Å². The van der Waals surface area contributed by atoms with Crippen LogP contribution in [0.3, 0.4) is 0 Å². The Kier molecular flexibility index (Phi) is 4.61. The fourth-order valence-corrected chi connectivity index (χ4v) is 2.83. The van der Waals surface area contributed by atoms with Gasteiger partial charge < -0.3 is 5.11 Å². The van der Waals surface area contributed by atoms with Crippen molar-refractivity contribution >= 4 is 11.3 Å². The van der Waals surface area contributed by atoms with Gasteiger partial charge in [-0.25, -0.2) is 0 Å². The molecule has 1 saturated carbocycles. The van der Waals surface area contributed by atoms with Gasteiger partial charge in [0, 0.05) is 34.8 Å². The maximum Gasteiger partial charge on any atom is 0.0540 e. The molecule has 0 unspecified atom stereocenters. The smallest absolute Gasteiger partial charge is 0.0540 e. The predicted octanol–water partition coefficient (Wildman–Crippen LogP) is 2.47. The van der Waals surface area contributed by atoms with Gasteiger partial charge in [-0.3, -0.25) is 4.90 Å². The molecular weight excluding hydrogens is 230 g/mol. The van der Waals surface area contributed by atoms with Crippen LogP contribution in [0.15, 0.2) is 11.4 Å². The second-order valence-electron chi connectivity index (χ2n) is 4.58. The average molecular weight is 249 g/mol. The highest BCUT2D eigenvalue weighted by atomic mass is 32.1. The van der Waals surface area contributed by atoms with Crippen LogP contribution in [0, 0.1) is 11.8 Å². The molecule has 1 fully saturated rings. The Balaban J connectivity index is 1.87. The Bertz CT molecular complexity index is 411. The second kappa shape index (κ2) is 6.20. The summed E-state index contributed by atoms with van der Waals surface area (Å²) in [5.74, 6) is 6.03. The Morgan fingerprint density at radius 1 is 1.53 bits per heavy atom. The van der Waals surface area contributed by atoms with E-state index in [-0.39, 0.29) is 6.61 Å². The minimum absolute atomic E-state index is 0.147. The fraction of sp³-hybridized carbons (Fsp3) is 0.571. The Hall–Kier alpha value is -0.820. The molecule has 0 amide bonds. The van der Waals surface area contributed by atoms with Crippen molar-refractivity contribution in [1.29, 1.82) is 0 Å². The Morgan fingerprint density at radius 2 is 2.35 bits per heavy atom. The van der Waals surface area contributed by atoms with E-state index < -0.39 is 0 Å². The zero-order chi connectivity index (χ0) is 12.1. The number of hydrogen-bond donors (Lipinski definition) is 1. The first kappa shape index (κ1) is 12.6. The lowest BCUT2D eigenvalue weighted by Gasteiger charge is -2.34. The van der Waals surface area contributed by atoms with Gasteiger partial charge in [0.1, 0.15) is 0 Å². The molecule has 1 aliphatic carbocycles. The van der Waals surface area contributed by atoms with Gasteiger partial charge in [0.15, 0.2) is 0 Å². The summed E-state index contributed by atoms with van der Waals surface area (Å²) in [6, 6.07) is 2.96. The highest BCUT2D eigenvalue weighted by Crippen LogP contribution is 2.26. The quantitative estimate of drug-likeness (QED) is 0.829. The summed E-state index contributed by atoms with van der Waals surface area (Å²) in [7, 11) is 2.21. The van der Waals surface area contributed by atoms with Crippen LogP contribution in [0.4, 0.5) is 0 Å². The standard InChI is InChI=1S/C14H19NOS/c1-15(13-6-4-7-13)10-14-9-12(11-17-14)5-2-3-8-16/h9,11,13,16H,3-4,6-8,10H2,1H3. The van der Waals surface area contributed by atoms with E-state index in [0.717, 1.165) is 18.2 Å². The van der Waals surface area contributed by atoms with E-state index in [1.807, 2.05) is 0 Å². The summed E-state index contributed by atoms with van der Waals surface area (Å²) in [6.07, 6.45) is 4.65. The predicted molar refractivity (Wildman–Crippen MR) is 72.0 cm³/mol. The zero-order valence-corrected chi connectivity index (χ0v) is 11.1. The van der Waals surface area contributed by atoms with Crippen molar-refractivity contribution in [2.45, 2.75) is 38.3 Å². The highest BCUT2D eigenvalue weighted by Gasteiger charge is 2.21. The van der Waals surface area contributed by atoms with E-state index in [4.69, 9.17) is 5.11 Å². The average Bonchev–Trinajstić information content (AvgIpc) is 2.63. The van der Waals surface area contributed by atoms with Crippen molar-refractivity contribution in [2.24, 2.45) is 0 Å². The third kappa shape index (κ3) is 3.57. The zero-order valence-electron chi connectivity index (χ0n) is 10.3. The van der Waals surface area contributed by atoms with E-state index in [9.17, 15) is 0 Å². The summed E-state index contributed by atoms with van der Waals surface area (Å²) < 4.78 is 0. The first-order valence-corrected chi connectivity index (χ1v) is 7.05. The topological polar surface area (TPSA) is 23.5 Å². The van der Waals surface area contributed by atoms with Crippen LogP contribution < -0.4 is 0 Å². The molecule has 0 spiro atoms. The normalized spacial score (nSPS) is 15.5. The van der Waals surface area contributed by atoms with E-state index in [1.165, 1.54) is 24.1 Å². The number of thiophene rings is 1. The van der Waals surface area contributed by atoms with Crippen LogP contribution in [0.1, 0.15) is 36.1 Å². The molecular formula is C14H19NOS. The monoisotopic (exact) mass is 249 g/mol. The third-order valence-electron chi connectivity index (χ3n) is 3.23. The molecule has 92 valence electrons. The van der Waals surface area contributed by atoms with Gasteiger partial charge in [0.05, 0.1) is 6.61 Å². The van der Waals surface area contributed by atoms with Crippen molar-refractivity contribution in [3.8, 4) is 11.8 Å². The molecule has 0 radical (unpaired) electrons. The summed E-state index contributed by atoms with van der Waals surface area (Å²) in [5, 5.41) is 10.8.